The predicted octanol–water partition coefficient (Wildman–Crippen LogP) is 1.12. The molecule has 1 atom stereocenters. The zero-order valence-electron chi connectivity index (χ0n) is 14.9. The topological polar surface area (TPSA) is 76.4 Å². The van der Waals surface area contributed by atoms with Gasteiger partial charge in [0, 0.05) is 31.9 Å². The summed E-state index contributed by atoms with van der Waals surface area (Å²) in [6.45, 7) is 7.02. The van der Waals surface area contributed by atoms with Gasteiger partial charge in [0.2, 0.25) is 5.91 Å². The van der Waals surface area contributed by atoms with Crippen LogP contribution in [-0.4, -0.2) is 63.8 Å². The Bertz CT molecular complexity index is 714. The Kier molecular flexibility index (Phi) is 5.28. The molecule has 25 heavy (non-hydrogen) atoms. The number of hydrogen-bond acceptors (Lipinski definition) is 6. The number of anilines is 1. The lowest BCUT2D eigenvalue weighted by molar-refractivity contribution is -0.125. The van der Waals surface area contributed by atoms with E-state index in [0.29, 0.717) is 6.54 Å². The van der Waals surface area contributed by atoms with Crippen LogP contribution in [0.1, 0.15) is 19.2 Å². The zero-order chi connectivity index (χ0) is 17.8. The minimum absolute atomic E-state index is 0.133. The molecule has 1 saturated heterocycles. The van der Waals surface area contributed by atoms with Crippen molar-refractivity contribution in [2.24, 2.45) is 0 Å². The molecule has 3 rings (SSSR count). The summed E-state index contributed by atoms with van der Waals surface area (Å²) in [4.78, 5) is 16.8. The van der Waals surface area contributed by atoms with Gasteiger partial charge in [-0.3, -0.25) is 9.69 Å². The third-order valence-corrected chi connectivity index (χ3v) is 4.69. The minimum atomic E-state index is -0.133. The van der Waals surface area contributed by atoms with Crippen LogP contribution in [0, 0.1) is 6.92 Å². The summed E-state index contributed by atoms with van der Waals surface area (Å²) in [6, 6.07) is 7.49. The highest BCUT2D eigenvalue weighted by atomic mass is 16.5. The van der Waals surface area contributed by atoms with Crippen LogP contribution in [0.3, 0.4) is 0 Å². The molecule has 0 aliphatic carbocycles. The van der Waals surface area contributed by atoms with E-state index in [4.69, 9.17) is 4.74 Å². The number of tetrazole rings is 1. The maximum atomic E-state index is 12.8. The quantitative estimate of drug-likeness (QED) is 0.781. The zero-order valence-corrected chi connectivity index (χ0v) is 14.9. The number of aromatic nitrogens is 4. The lowest BCUT2D eigenvalue weighted by Crippen LogP contribution is -2.56. The van der Waals surface area contributed by atoms with Gasteiger partial charge in [-0.25, -0.2) is 4.68 Å². The number of nitrogens with zero attached hydrogens (tertiary/aromatic N) is 6. The van der Waals surface area contributed by atoms with E-state index in [1.54, 1.807) is 11.8 Å². The SMILES string of the molecule is COc1ccc(N2CCN(CCCn3nnnc3C)C(C)C2=O)cc1. The number of ether oxygens (including phenoxy) is 1. The first kappa shape index (κ1) is 17.3. The number of aryl methyl sites for hydroxylation is 2. The molecule has 1 unspecified atom stereocenters. The number of carbonyl (C=O) groups is 1. The Morgan fingerprint density at radius 2 is 1.96 bits per heavy atom. The van der Waals surface area contributed by atoms with Crippen molar-refractivity contribution in [2.75, 3.05) is 31.6 Å². The Balaban J connectivity index is 1.56. The summed E-state index contributed by atoms with van der Waals surface area (Å²) in [5, 5.41) is 11.5. The van der Waals surface area contributed by atoms with Crippen molar-refractivity contribution in [3.05, 3.63) is 30.1 Å². The van der Waals surface area contributed by atoms with E-state index < -0.39 is 0 Å². The first-order valence-electron chi connectivity index (χ1n) is 8.52. The lowest BCUT2D eigenvalue weighted by atomic mass is 10.1. The van der Waals surface area contributed by atoms with E-state index in [0.717, 1.165) is 43.3 Å². The molecule has 8 heteroatoms. The lowest BCUT2D eigenvalue weighted by Gasteiger charge is -2.39. The van der Waals surface area contributed by atoms with Crippen LogP contribution in [-0.2, 0) is 11.3 Å². The Labute approximate surface area is 147 Å². The van der Waals surface area contributed by atoms with Crippen LogP contribution in [0.2, 0.25) is 0 Å². The fourth-order valence-electron chi connectivity index (χ4n) is 3.12. The van der Waals surface area contributed by atoms with Crippen molar-refractivity contribution in [1.82, 2.24) is 25.1 Å². The highest BCUT2D eigenvalue weighted by molar-refractivity contribution is 5.97. The third-order valence-electron chi connectivity index (χ3n) is 4.69. The summed E-state index contributed by atoms with van der Waals surface area (Å²) < 4.78 is 6.97. The maximum absolute atomic E-state index is 12.8. The molecule has 134 valence electrons. The van der Waals surface area contributed by atoms with Crippen molar-refractivity contribution >= 4 is 11.6 Å². The molecule has 8 nitrogen and oxygen atoms in total. The Morgan fingerprint density at radius 1 is 1.20 bits per heavy atom. The molecular formula is C17H24N6O2. The van der Waals surface area contributed by atoms with Crippen molar-refractivity contribution in [2.45, 2.75) is 32.9 Å². The van der Waals surface area contributed by atoms with E-state index in [1.165, 1.54) is 0 Å². The number of carbonyl (C=O) groups excluding carboxylic acids is 1. The second-order valence-electron chi connectivity index (χ2n) is 6.20. The third kappa shape index (κ3) is 3.79. The fourth-order valence-corrected chi connectivity index (χ4v) is 3.12. The van der Waals surface area contributed by atoms with Gasteiger partial charge in [-0.2, -0.15) is 0 Å². The standard InChI is InChI=1S/C17H24N6O2/c1-13-17(24)22(15-5-7-16(25-3)8-6-15)12-11-21(13)9-4-10-23-14(2)18-19-20-23/h5-8,13H,4,9-12H2,1-3H3. The second-order valence-corrected chi connectivity index (χ2v) is 6.20. The van der Waals surface area contributed by atoms with Crippen molar-refractivity contribution in [3.63, 3.8) is 0 Å². The van der Waals surface area contributed by atoms with Gasteiger partial charge in [-0.05, 0) is 55.0 Å². The number of benzene rings is 1. The van der Waals surface area contributed by atoms with Crippen LogP contribution in [0.4, 0.5) is 5.69 Å². The average Bonchev–Trinajstić information content (AvgIpc) is 3.04. The van der Waals surface area contributed by atoms with Crippen molar-refractivity contribution in [3.8, 4) is 5.75 Å². The van der Waals surface area contributed by atoms with Crippen LogP contribution in [0.5, 0.6) is 5.75 Å². The van der Waals surface area contributed by atoms with Gasteiger partial charge in [0.25, 0.3) is 0 Å². The molecule has 0 bridgehead atoms. The first-order valence-corrected chi connectivity index (χ1v) is 8.52. The van der Waals surface area contributed by atoms with E-state index in [-0.39, 0.29) is 11.9 Å². The van der Waals surface area contributed by atoms with Crippen LogP contribution in [0.25, 0.3) is 0 Å². The molecule has 0 spiro atoms. The molecule has 1 aromatic carbocycles. The normalized spacial score (nSPS) is 18.6. The molecule has 1 amide bonds. The molecule has 2 heterocycles. The highest BCUT2D eigenvalue weighted by Crippen LogP contribution is 2.23. The van der Waals surface area contributed by atoms with Crippen molar-refractivity contribution in [1.29, 1.82) is 0 Å². The van der Waals surface area contributed by atoms with Crippen LogP contribution < -0.4 is 9.64 Å². The summed E-state index contributed by atoms with van der Waals surface area (Å²) >= 11 is 0. The van der Waals surface area contributed by atoms with E-state index >= 15 is 0 Å². The number of methoxy groups -OCH3 is 1. The second kappa shape index (κ2) is 7.60. The molecule has 1 aliphatic rings. The molecule has 1 aliphatic heterocycles. The minimum Gasteiger partial charge on any atom is -0.497 e. The van der Waals surface area contributed by atoms with Gasteiger partial charge in [0.15, 0.2) is 0 Å². The van der Waals surface area contributed by atoms with Gasteiger partial charge in [-0.15, -0.1) is 5.10 Å². The molecule has 0 radical (unpaired) electrons. The van der Waals surface area contributed by atoms with E-state index in [2.05, 4.69) is 20.4 Å². The highest BCUT2D eigenvalue weighted by Gasteiger charge is 2.31. The van der Waals surface area contributed by atoms with Crippen LogP contribution in [0.15, 0.2) is 24.3 Å². The number of rotatable bonds is 6. The summed E-state index contributed by atoms with van der Waals surface area (Å²) in [5.41, 5.74) is 0.918. The number of amides is 1. The Hall–Kier alpha value is -2.48. The number of piperazine rings is 1. The molecule has 0 N–H and O–H groups in total. The van der Waals surface area contributed by atoms with Gasteiger partial charge < -0.3 is 9.64 Å². The summed E-state index contributed by atoms with van der Waals surface area (Å²) in [5.74, 6) is 1.74. The largest absolute Gasteiger partial charge is 0.497 e. The predicted molar refractivity (Wildman–Crippen MR) is 93.6 cm³/mol. The molecular weight excluding hydrogens is 320 g/mol. The molecule has 0 saturated carbocycles. The first-order chi connectivity index (χ1) is 12.1. The van der Waals surface area contributed by atoms with E-state index in [9.17, 15) is 4.79 Å². The molecule has 1 fully saturated rings. The molecule has 1 aromatic heterocycles. The van der Waals surface area contributed by atoms with Gasteiger partial charge in [0.05, 0.1) is 13.2 Å². The van der Waals surface area contributed by atoms with Gasteiger partial charge in [-0.1, -0.05) is 0 Å². The van der Waals surface area contributed by atoms with Crippen LogP contribution >= 0.6 is 0 Å². The summed E-state index contributed by atoms with van der Waals surface area (Å²) in [7, 11) is 1.64. The Morgan fingerprint density at radius 3 is 2.60 bits per heavy atom. The van der Waals surface area contributed by atoms with Crippen molar-refractivity contribution < 1.29 is 9.53 Å². The monoisotopic (exact) mass is 344 g/mol. The fraction of sp³-hybridized carbons (Fsp3) is 0.529. The smallest absolute Gasteiger partial charge is 0.244 e. The molecule has 2 aromatic rings. The van der Waals surface area contributed by atoms with Gasteiger partial charge in [0.1, 0.15) is 11.6 Å². The maximum Gasteiger partial charge on any atom is 0.244 e. The van der Waals surface area contributed by atoms with Gasteiger partial charge >= 0.3 is 0 Å². The number of hydrogen-bond donors (Lipinski definition) is 0. The van der Waals surface area contributed by atoms with E-state index in [1.807, 2.05) is 43.0 Å². The summed E-state index contributed by atoms with van der Waals surface area (Å²) in [6.07, 6.45) is 0.909. The average molecular weight is 344 g/mol.